The molecule has 2 aromatic rings. The molecule has 0 bridgehead atoms. The van der Waals surface area contributed by atoms with E-state index in [1.807, 2.05) is 18.2 Å². The van der Waals surface area contributed by atoms with Gasteiger partial charge in [-0.2, -0.15) is 0 Å². The van der Waals surface area contributed by atoms with Crippen molar-refractivity contribution in [3.63, 3.8) is 0 Å². The van der Waals surface area contributed by atoms with Crippen LogP contribution in [0, 0.1) is 0 Å². The number of benzene rings is 2. The van der Waals surface area contributed by atoms with E-state index >= 15 is 0 Å². The summed E-state index contributed by atoms with van der Waals surface area (Å²) in [5.74, 6) is 5.57. The molecule has 2 aromatic carbocycles. The minimum Gasteiger partial charge on any atom is -0.491 e. The van der Waals surface area contributed by atoms with E-state index in [4.69, 9.17) is 15.4 Å². The lowest BCUT2D eigenvalue weighted by molar-refractivity contribution is 0.0362. The first kappa shape index (κ1) is 16.2. The van der Waals surface area contributed by atoms with E-state index < -0.39 is 0 Å². The molecule has 0 saturated carbocycles. The molecule has 5 nitrogen and oxygen atoms in total. The molecule has 0 radical (unpaired) electrons. The molecule has 0 aliphatic carbocycles. The van der Waals surface area contributed by atoms with Gasteiger partial charge in [-0.3, -0.25) is 4.79 Å². The zero-order valence-corrected chi connectivity index (χ0v) is 12.2. The highest BCUT2D eigenvalue weighted by atomic mass is 16.6. The molecule has 0 heterocycles. The third-order valence-corrected chi connectivity index (χ3v) is 2.99. The molecule has 0 atom stereocenters. The van der Waals surface area contributed by atoms with E-state index in [9.17, 15) is 4.79 Å². The second-order valence-electron chi connectivity index (χ2n) is 4.55. The van der Waals surface area contributed by atoms with Crippen LogP contribution in [0.1, 0.15) is 15.9 Å². The molecule has 0 amide bonds. The molecule has 2 rings (SSSR count). The maximum Gasteiger partial charge on any atom is 0.193 e. The molecule has 0 spiro atoms. The third-order valence-electron chi connectivity index (χ3n) is 2.99. The molecule has 0 saturated heterocycles. The van der Waals surface area contributed by atoms with Crippen molar-refractivity contribution in [2.75, 3.05) is 26.4 Å². The fourth-order valence-corrected chi connectivity index (χ4v) is 1.89. The van der Waals surface area contributed by atoms with Crippen molar-refractivity contribution in [1.82, 2.24) is 0 Å². The molecule has 0 aromatic heterocycles. The van der Waals surface area contributed by atoms with Crippen molar-refractivity contribution in [2.45, 2.75) is 0 Å². The molecule has 0 fully saturated rings. The Bertz CT molecular complexity index is 569. The summed E-state index contributed by atoms with van der Waals surface area (Å²) in [6.45, 7) is 1.67. The second kappa shape index (κ2) is 8.94. The van der Waals surface area contributed by atoms with Gasteiger partial charge >= 0.3 is 0 Å². The van der Waals surface area contributed by atoms with Gasteiger partial charge in [0, 0.05) is 11.1 Å². The van der Waals surface area contributed by atoms with Crippen molar-refractivity contribution >= 4 is 5.78 Å². The van der Waals surface area contributed by atoms with E-state index in [1.165, 1.54) is 0 Å². The van der Waals surface area contributed by atoms with E-state index in [0.29, 0.717) is 43.3 Å². The number of carbonyl (C=O) groups excluding carboxylic acids is 1. The minimum atomic E-state index is -0.00253. The monoisotopic (exact) mass is 301 g/mol. The number of nitrogens with two attached hydrogens (primary N) is 1. The van der Waals surface area contributed by atoms with E-state index in [-0.39, 0.29) is 5.78 Å². The Hall–Kier alpha value is -2.21. The summed E-state index contributed by atoms with van der Waals surface area (Å²) in [5.41, 5.74) is 1.31. The predicted octanol–water partition coefficient (Wildman–Crippen LogP) is 2.20. The summed E-state index contributed by atoms with van der Waals surface area (Å²) in [4.78, 5) is 16.6. The first-order valence-corrected chi connectivity index (χ1v) is 7.03. The summed E-state index contributed by atoms with van der Waals surface area (Å²) in [6, 6.07) is 16.3. The summed E-state index contributed by atoms with van der Waals surface area (Å²) >= 11 is 0. The van der Waals surface area contributed by atoms with Crippen LogP contribution in [-0.4, -0.2) is 32.2 Å². The van der Waals surface area contributed by atoms with Crippen LogP contribution in [0.3, 0.4) is 0 Å². The Morgan fingerprint density at radius 2 is 1.45 bits per heavy atom. The Morgan fingerprint density at radius 1 is 0.818 bits per heavy atom. The second-order valence-corrected chi connectivity index (χ2v) is 4.55. The van der Waals surface area contributed by atoms with Gasteiger partial charge in [0.15, 0.2) is 5.78 Å². The average molecular weight is 301 g/mol. The van der Waals surface area contributed by atoms with Crippen LogP contribution in [0.15, 0.2) is 54.6 Å². The average Bonchev–Trinajstić information content (AvgIpc) is 2.59. The van der Waals surface area contributed by atoms with Gasteiger partial charge in [0.2, 0.25) is 0 Å². The molecule has 0 unspecified atom stereocenters. The van der Waals surface area contributed by atoms with Crippen LogP contribution >= 0.6 is 0 Å². The van der Waals surface area contributed by atoms with E-state index in [2.05, 4.69) is 4.84 Å². The molecule has 0 aliphatic rings. The topological polar surface area (TPSA) is 70.8 Å². The highest BCUT2D eigenvalue weighted by Crippen LogP contribution is 2.15. The van der Waals surface area contributed by atoms with Crippen LogP contribution in [0.25, 0.3) is 0 Å². The summed E-state index contributed by atoms with van der Waals surface area (Å²) in [6.07, 6.45) is 0. The summed E-state index contributed by atoms with van der Waals surface area (Å²) in [7, 11) is 0. The number of hydrogen-bond acceptors (Lipinski definition) is 5. The largest absolute Gasteiger partial charge is 0.491 e. The first-order valence-electron chi connectivity index (χ1n) is 7.03. The predicted molar refractivity (Wildman–Crippen MR) is 82.8 cm³/mol. The van der Waals surface area contributed by atoms with Crippen LogP contribution in [0.5, 0.6) is 5.75 Å². The zero-order valence-electron chi connectivity index (χ0n) is 12.2. The number of rotatable bonds is 9. The fourth-order valence-electron chi connectivity index (χ4n) is 1.89. The Morgan fingerprint density at radius 3 is 2.14 bits per heavy atom. The summed E-state index contributed by atoms with van der Waals surface area (Å²) < 4.78 is 10.7. The van der Waals surface area contributed by atoms with Gasteiger partial charge in [0.25, 0.3) is 0 Å². The highest BCUT2D eigenvalue weighted by molar-refractivity contribution is 6.08. The molecule has 5 heteroatoms. The number of hydrogen-bond donors (Lipinski definition) is 1. The van der Waals surface area contributed by atoms with Gasteiger partial charge in [0.1, 0.15) is 12.4 Å². The van der Waals surface area contributed by atoms with Crippen LogP contribution in [0.2, 0.25) is 0 Å². The van der Waals surface area contributed by atoms with Crippen LogP contribution in [-0.2, 0) is 9.57 Å². The third kappa shape index (κ3) is 4.96. The highest BCUT2D eigenvalue weighted by Gasteiger charge is 2.08. The van der Waals surface area contributed by atoms with Gasteiger partial charge in [-0.1, -0.05) is 30.3 Å². The lowest BCUT2D eigenvalue weighted by atomic mass is 10.0. The lowest BCUT2D eigenvalue weighted by Gasteiger charge is -2.07. The standard InChI is InChI=1S/C17H19NO4/c18-22-13-11-20-10-12-21-16-8-6-15(7-9-16)17(19)14-4-2-1-3-5-14/h1-9H,10-13,18H2. The SMILES string of the molecule is NOCCOCCOc1ccc(C(=O)c2ccccc2)cc1. The van der Waals surface area contributed by atoms with Crippen LogP contribution in [0.4, 0.5) is 0 Å². The maximum absolute atomic E-state index is 12.2. The first-order chi connectivity index (χ1) is 10.8. The van der Waals surface area contributed by atoms with Gasteiger partial charge in [-0.25, -0.2) is 5.90 Å². The maximum atomic E-state index is 12.2. The van der Waals surface area contributed by atoms with Gasteiger partial charge in [0.05, 0.1) is 19.8 Å². The summed E-state index contributed by atoms with van der Waals surface area (Å²) in [5, 5.41) is 0. The molecule has 116 valence electrons. The van der Waals surface area contributed by atoms with Crippen LogP contribution < -0.4 is 10.6 Å². The Labute approximate surface area is 129 Å². The number of carbonyl (C=O) groups is 1. The van der Waals surface area contributed by atoms with Crippen molar-refractivity contribution in [3.05, 3.63) is 65.7 Å². The quantitative estimate of drug-likeness (QED) is 0.437. The molecule has 0 aliphatic heterocycles. The number of ether oxygens (including phenoxy) is 2. The van der Waals surface area contributed by atoms with Gasteiger partial charge < -0.3 is 14.3 Å². The van der Waals surface area contributed by atoms with Crippen molar-refractivity contribution in [2.24, 2.45) is 5.90 Å². The number of ketones is 1. The Balaban J connectivity index is 1.82. The van der Waals surface area contributed by atoms with Crippen molar-refractivity contribution in [3.8, 4) is 5.75 Å². The molecular weight excluding hydrogens is 282 g/mol. The normalized spacial score (nSPS) is 10.4. The van der Waals surface area contributed by atoms with Crippen molar-refractivity contribution < 1.29 is 19.1 Å². The van der Waals surface area contributed by atoms with Gasteiger partial charge in [-0.15, -0.1) is 0 Å². The van der Waals surface area contributed by atoms with Crippen molar-refractivity contribution in [1.29, 1.82) is 0 Å². The molecule has 22 heavy (non-hydrogen) atoms. The molecule has 2 N–H and O–H groups in total. The van der Waals surface area contributed by atoms with Gasteiger partial charge in [-0.05, 0) is 24.3 Å². The fraction of sp³-hybridized carbons (Fsp3) is 0.235. The Kier molecular flexibility index (Phi) is 6.57. The van der Waals surface area contributed by atoms with E-state index in [1.54, 1.807) is 36.4 Å². The zero-order chi connectivity index (χ0) is 15.6. The van der Waals surface area contributed by atoms with E-state index in [0.717, 1.165) is 0 Å². The smallest absolute Gasteiger partial charge is 0.193 e. The molecular formula is C17H19NO4. The minimum absolute atomic E-state index is 0.00253. The lowest BCUT2D eigenvalue weighted by Crippen LogP contribution is -2.12.